The molecule has 2 unspecified atom stereocenters. The fourth-order valence-electron chi connectivity index (χ4n) is 3.53. The van der Waals surface area contributed by atoms with Crippen LogP contribution in [0.15, 0.2) is 0 Å². The van der Waals surface area contributed by atoms with Gasteiger partial charge in [-0.3, -0.25) is 0 Å². The summed E-state index contributed by atoms with van der Waals surface area (Å²) in [6.45, 7) is 14.8. The number of unbranched alkanes of at least 4 members (excludes halogenated alkanes) is 2. The predicted molar refractivity (Wildman–Crippen MR) is 96.5 cm³/mol. The Balaban J connectivity index is 4.24. The van der Waals surface area contributed by atoms with Gasteiger partial charge in [-0.15, -0.1) is 0 Å². The van der Waals surface area contributed by atoms with Crippen molar-refractivity contribution >= 4 is 7.26 Å². The van der Waals surface area contributed by atoms with E-state index in [1.807, 2.05) is 0 Å². The third-order valence-corrected chi connectivity index (χ3v) is 8.13. The van der Waals surface area contributed by atoms with Crippen molar-refractivity contribution in [2.24, 2.45) is 11.8 Å². The van der Waals surface area contributed by atoms with Crippen LogP contribution in [0.5, 0.6) is 0 Å². The molecule has 0 nitrogen and oxygen atoms in total. The molecule has 0 aromatic carbocycles. The van der Waals surface area contributed by atoms with Crippen LogP contribution in [-0.4, -0.2) is 25.7 Å². The quantitative estimate of drug-likeness (QED) is 0.363. The van der Waals surface area contributed by atoms with E-state index in [0.717, 1.165) is 11.8 Å². The van der Waals surface area contributed by atoms with Gasteiger partial charge in [-0.1, -0.05) is 0 Å². The fourth-order valence-corrected chi connectivity index (χ4v) is 7.81. The summed E-state index contributed by atoms with van der Waals surface area (Å²) >= 11 is 0. The molecule has 0 saturated carbocycles. The molecule has 0 spiro atoms. The van der Waals surface area contributed by atoms with E-state index in [1.165, 1.54) is 51.4 Å². The van der Waals surface area contributed by atoms with Gasteiger partial charge in [0.2, 0.25) is 0 Å². The maximum absolute atomic E-state index is 2.65. The predicted octanol–water partition coefficient (Wildman–Crippen LogP) is 6.43. The van der Waals surface area contributed by atoms with Gasteiger partial charge in [0.25, 0.3) is 0 Å². The van der Waals surface area contributed by atoms with Gasteiger partial charge in [0.1, 0.15) is 0 Å². The van der Waals surface area contributed by atoms with Crippen LogP contribution in [0.1, 0.15) is 79.1 Å². The average Bonchev–Trinajstić information content (AvgIpc) is 2.39. The first kappa shape index (κ1) is 19.4. The standard InChI is InChI=1S/C18H41P/c1-7-11-13-17(9-3)15-19(5,6)16-18(10-4)14-12-8-2/h17-19H,7-16H2,1-6H3. The third kappa shape index (κ3) is 9.89. The van der Waals surface area contributed by atoms with Crippen LogP contribution in [0, 0.1) is 11.8 Å². The van der Waals surface area contributed by atoms with Crippen LogP contribution in [0.25, 0.3) is 0 Å². The summed E-state index contributed by atoms with van der Waals surface area (Å²) in [7, 11) is -0.971. The van der Waals surface area contributed by atoms with Crippen molar-refractivity contribution in [2.75, 3.05) is 25.7 Å². The van der Waals surface area contributed by atoms with E-state index in [4.69, 9.17) is 0 Å². The summed E-state index contributed by atoms with van der Waals surface area (Å²) in [6.07, 6.45) is 14.5. The zero-order chi connectivity index (χ0) is 14.7. The Bertz CT molecular complexity index is 178. The Morgan fingerprint density at radius 1 is 0.684 bits per heavy atom. The normalized spacial score (nSPS) is 16.3. The average molecular weight is 289 g/mol. The second-order valence-electron chi connectivity index (χ2n) is 7.41. The SMILES string of the molecule is CCCCC(CC)C[PH](C)(C)CC(CC)CCCC. The monoisotopic (exact) mass is 288 g/mol. The Kier molecular flexibility index (Phi) is 11.4. The van der Waals surface area contributed by atoms with Gasteiger partial charge in [-0.05, 0) is 0 Å². The molecule has 118 valence electrons. The van der Waals surface area contributed by atoms with Gasteiger partial charge in [0, 0.05) is 0 Å². The van der Waals surface area contributed by atoms with E-state index >= 15 is 0 Å². The molecule has 19 heavy (non-hydrogen) atoms. The molecule has 0 bridgehead atoms. The summed E-state index contributed by atoms with van der Waals surface area (Å²) in [5.41, 5.74) is 0. The van der Waals surface area contributed by atoms with Crippen LogP contribution in [0.2, 0.25) is 0 Å². The Labute approximate surface area is 124 Å². The molecule has 0 fully saturated rings. The summed E-state index contributed by atoms with van der Waals surface area (Å²) in [5, 5.41) is 0. The molecular weight excluding hydrogens is 247 g/mol. The van der Waals surface area contributed by atoms with Crippen molar-refractivity contribution in [3.63, 3.8) is 0 Å². The van der Waals surface area contributed by atoms with Gasteiger partial charge >= 0.3 is 124 Å². The minimum atomic E-state index is -0.971. The number of hydrogen-bond acceptors (Lipinski definition) is 0. The van der Waals surface area contributed by atoms with Gasteiger partial charge in [0.05, 0.1) is 0 Å². The molecule has 0 saturated heterocycles. The van der Waals surface area contributed by atoms with Crippen molar-refractivity contribution in [3.8, 4) is 0 Å². The van der Waals surface area contributed by atoms with Crippen LogP contribution < -0.4 is 0 Å². The van der Waals surface area contributed by atoms with Crippen molar-refractivity contribution in [3.05, 3.63) is 0 Å². The number of hydrogen-bond donors (Lipinski definition) is 0. The molecule has 1 heteroatoms. The van der Waals surface area contributed by atoms with Gasteiger partial charge in [-0.2, -0.15) is 0 Å². The number of rotatable bonds is 12. The summed E-state index contributed by atoms with van der Waals surface area (Å²) in [4.78, 5) is 0. The molecule has 0 aromatic heterocycles. The molecule has 0 aliphatic rings. The molecule has 0 radical (unpaired) electrons. The second kappa shape index (κ2) is 11.1. The molecule has 0 heterocycles. The third-order valence-electron chi connectivity index (χ3n) is 4.77. The molecule has 0 aliphatic heterocycles. The topological polar surface area (TPSA) is 0 Å². The first-order chi connectivity index (χ1) is 8.99. The van der Waals surface area contributed by atoms with E-state index in [9.17, 15) is 0 Å². The van der Waals surface area contributed by atoms with E-state index in [1.54, 1.807) is 12.3 Å². The zero-order valence-electron chi connectivity index (χ0n) is 14.7. The molecule has 0 amide bonds. The van der Waals surface area contributed by atoms with Crippen molar-refractivity contribution < 1.29 is 0 Å². The summed E-state index contributed by atoms with van der Waals surface area (Å²) in [5.74, 6) is 2.04. The van der Waals surface area contributed by atoms with Crippen LogP contribution in [-0.2, 0) is 0 Å². The van der Waals surface area contributed by atoms with Gasteiger partial charge in [-0.25, -0.2) is 0 Å². The minimum absolute atomic E-state index is 0.971. The van der Waals surface area contributed by atoms with E-state index in [0.29, 0.717) is 0 Å². The van der Waals surface area contributed by atoms with Gasteiger partial charge in [0.15, 0.2) is 0 Å². The molecule has 2 atom stereocenters. The molecule has 0 aliphatic carbocycles. The summed E-state index contributed by atoms with van der Waals surface area (Å²) in [6, 6.07) is 0. The maximum atomic E-state index is 2.65. The molecule has 0 aromatic rings. The van der Waals surface area contributed by atoms with E-state index in [-0.39, 0.29) is 0 Å². The van der Waals surface area contributed by atoms with E-state index in [2.05, 4.69) is 41.0 Å². The van der Waals surface area contributed by atoms with Crippen LogP contribution in [0.4, 0.5) is 0 Å². The molecule has 0 rings (SSSR count). The van der Waals surface area contributed by atoms with Gasteiger partial charge < -0.3 is 0 Å². The zero-order valence-corrected chi connectivity index (χ0v) is 15.7. The Morgan fingerprint density at radius 2 is 1.05 bits per heavy atom. The van der Waals surface area contributed by atoms with Crippen molar-refractivity contribution in [1.29, 1.82) is 0 Å². The van der Waals surface area contributed by atoms with Crippen LogP contribution >= 0.6 is 7.26 Å². The molecule has 0 N–H and O–H groups in total. The first-order valence-electron chi connectivity index (χ1n) is 8.99. The van der Waals surface area contributed by atoms with Crippen LogP contribution in [0.3, 0.4) is 0 Å². The Morgan fingerprint density at radius 3 is 1.32 bits per heavy atom. The van der Waals surface area contributed by atoms with E-state index < -0.39 is 7.26 Å². The Hall–Kier alpha value is 0.430. The summed E-state index contributed by atoms with van der Waals surface area (Å²) < 4.78 is 0. The van der Waals surface area contributed by atoms with Crippen molar-refractivity contribution in [2.45, 2.75) is 79.1 Å². The van der Waals surface area contributed by atoms with Crippen molar-refractivity contribution in [1.82, 2.24) is 0 Å². The first-order valence-corrected chi connectivity index (χ1v) is 12.4. The molecular formula is C18H41P. The fraction of sp³-hybridized carbons (Fsp3) is 1.00. The second-order valence-corrected chi connectivity index (χ2v) is 12.6.